The molecule has 2 aliphatic heterocycles. The number of hydrogen-bond donors (Lipinski definition) is 0. The molecular formula is C18H20N2O5. The zero-order chi connectivity index (χ0) is 17.8. The molecule has 2 heterocycles. The van der Waals surface area contributed by atoms with E-state index in [0.717, 1.165) is 5.56 Å². The molecule has 0 unspecified atom stereocenters. The number of carbonyl (C=O) groups is 3. The molecular weight excluding hydrogens is 324 g/mol. The molecule has 2 bridgehead atoms. The SMILES string of the molecule is C=CCOC(=O)CN1C(=O)N2C[C@H]1C[C@@H]2C(=O)OCc1ccccc1. The van der Waals surface area contributed by atoms with Gasteiger partial charge in [0.1, 0.15) is 25.8 Å². The third kappa shape index (κ3) is 3.65. The van der Waals surface area contributed by atoms with E-state index in [2.05, 4.69) is 6.58 Å². The number of carbonyl (C=O) groups excluding carboxylic acids is 3. The van der Waals surface area contributed by atoms with E-state index in [1.165, 1.54) is 15.9 Å². The summed E-state index contributed by atoms with van der Waals surface area (Å²) < 4.78 is 10.2. The fraction of sp³-hybridized carbons (Fsp3) is 0.389. The van der Waals surface area contributed by atoms with E-state index < -0.39 is 18.0 Å². The highest BCUT2D eigenvalue weighted by molar-refractivity contribution is 5.89. The van der Waals surface area contributed by atoms with E-state index in [9.17, 15) is 14.4 Å². The molecule has 2 atom stereocenters. The molecule has 0 saturated carbocycles. The van der Waals surface area contributed by atoms with Gasteiger partial charge in [0.05, 0.1) is 6.04 Å². The van der Waals surface area contributed by atoms with Crippen LogP contribution in [-0.2, 0) is 25.7 Å². The minimum Gasteiger partial charge on any atom is -0.460 e. The number of fused-ring (bicyclic) bond motifs is 2. The molecule has 0 spiro atoms. The monoisotopic (exact) mass is 344 g/mol. The summed E-state index contributed by atoms with van der Waals surface area (Å²) >= 11 is 0. The van der Waals surface area contributed by atoms with Crippen LogP contribution in [-0.4, -0.2) is 59.5 Å². The topological polar surface area (TPSA) is 76.2 Å². The second-order valence-corrected chi connectivity index (χ2v) is 6.03. The molecule has 0 aromatic heterocycles. The number of benzene rings is 1. The average molecular weight is 344 g/mol. The van der Waals surface area contributed by atoms with Gasteiger partial charge in [0.25, 0.3) is 0 Å². The lowest BCUT2D eigenvalue weighted by molar-refractivity contribution is -0.150. The maximum absolute atomic E-state index is 12.4. The molecule has 7 heteroatoms. The Hall–Kier alpha value is -2.83. The number of ether oxygens (including phenoxy) is 2. The molecule has 2 saturated heterocycles. The molecule has 2 fully saturated rings. The smallest absolute Gasteiger partial charge is 0.329 e. The van der Waals surface area contributed by atoms with Crippen LogP contribution in [0.25, 0.3) is 0 Å². The van der Waals surface area contributed by atoms with Crippen LogP contribution >= 0.6 is 0 Å². The van der Waals surface area contributed by atoms with Gasteiger partial charge >= 0.3 is 18.0 Å². The number of urea groups is 1. The van der Waals surface area contributed by atoms with Crippen LogP contribution in [0, 0.1) is 0 Å². The van der Waals surface area contributed by atoms with Crippen LogP contribution in [0.3, 0.4) is 0 Å². The largest absolute Gasteiger partial charge is 0.460 e. The van der Waals surface area contributed by atoms with E-state index in [-0.39, 0.29) is 31.8 Å². The Morgan fingerprint density at radius 1 is 1.24 bits per heavy atom. The van der Waals surface area contributed by atoms with Gasteiger partial charge in [-0.15, -0.1) is 0 Å². The minimum absolute atomic E-state index is 0.111. The first kappa shape index (κ1) is 17.0. The van der Waals surface area contributed by atoms with Crippen molar-refractivity contribution in [3.8, 4) is 0 Å². The summed E-state index contributed by atoms with van der Waals surface area (Å²) in [5.74, 6) is -0.890. The molecule has 2 aliphatic rings. The van der Waals surface area contributed by atoms with Crippen molar-refractivity contribution in [1.29, 1.82) is 0 Å². The van der Waals surface area contributed by atoms with Crippen LogP contribution in [0.15, 0.2) is 43.0 Å². The summed E-state index contributed by atoms with van der Waals surface area (Å²) in [6, 6.07) is 8.30. The third-order valence-electron chi connectivity index (χ3n) is 4.37. The quantitative estimate of drug-likeness (QED) is 0.551. The van der Waals surface area contributed by atoms with Crippen LogP contribution in [0.1, 0.15) is 12.0 Å². The van der Waals surface area contributed by atoms with Crippen molar-refractivity contribution in [2.45, 2.75) is 25.1 Å². The average Bonchev–Trinajstić information content (AvgIpc) is 3.18. The van der Waals surface area contributed by atoms with Crippen LogP contribution in [0.4, 0.5) is 4.79 Å². The molecule has 0 N–H and O–H groups in total. The van der Waals surface area contributed by atoms with Gasteiger partial charge in [0.15, 0.2) is 0 Å². The maximum atomic E-state index is 12.4. The second-order valence-electron chi connectivity index (χ2n) is 6.03. The molecule has 1 aromatic rings. The first-order valence-corrected chi connectivity index (χ1v) is 8.14. The lowest BCUT2D eigenvalue weighted by Gasteiger charge is -2.30. The summed E-state index contributed by atoms with van der Waals surface area (Å²) in [4.78, 5) is 39.3. The van der Waals surface area contributed by atoms with Crippen molar-refractivity contribution in [2.75, 3.05) is 19.7 Å². The first-order chi connectivity index (χ1) is 12.1. The number of nitrogens with zero attached hydrogens (tertiary/aromatic N) is 2. The third-order valence-corrected chi connectivity index (χ3v) is 4.37. The zero-order valence-electron chi connectivity index (χ0n) is 13.8. The summed E-state index contributed by atoms with van der Waals surface area (Å²) in [5, 5.41) is 0. The van der Waals surface area contributed by atoms with Gasteiger partial charge in [-0.1, -0.05) is 43.0 Å². The van der Waals surface area contributed by atoms with Gasteiger partial charge in [-0.3, -0.25) is 4.79 Å². The predicted octanol–water partition coefficient (Wildman–Crippen LogP) is 1.34. The fourth-order valence-corrected chi connectivity index (χ4v) is 3.15. The summed E-state index contributed by atoms with van der Waals surface area (Å²) in [6.45, 7) is 4.08. The first-order valence-electron chi connectivity index (χ1n) is 8.14. The molecule has 25 heavy (non-hydrogen) atoms. The molecule has 3 rings (SSSR count). The Kier molecular flexibility index (Phi) is 5.02. The highest BCUT2D eigenvalue weighted by Crippen LogP contribution is 2.32. The van der Waals surface area contributed by atoms with Gasteiger partial charge in [0, 0.05) is 13.0 Å². The Bertz CT molecular complexity index is 675. The van der Waals surface area contributed by atoms with Crippen molar-refractivity contribution in [3.05, 3.63) is 48.6 Å². The predicted molar refractivity (Wildman–Crippen MR) is 88.4 cm³/mol. The zero-order valence-corrected chi connectivity index (χ0v) is 13.8. The van der Waals surface area contributed by atoms with Gasteiger partial charge in [-0.05, 0) is 5.56 Å². The minimum atomic E-state index is -0.582. The number of hydrogen-bond acceptors (Lipinski definition) is 5. The molecule has 1 aromatic carbocycles. The van der Waals surface area contributed by atoms with Crippen LogP contribution < -0.4 is 0 Å². The van der Waals surface area contributed by atoms with Crippen molar-refractivity contribution in [1.82, 2.24) is 9.80 Å². The molecule has 0 radical (unpaired) electrons. The van der Waals surface area contributed by atoms with E-state index >= 15 is 0 Å². The second kappa shape index (κ2) is 7.38. The Labute approximate surface area is 145 Å². The Morgan fingerprint density at radius 2 is 2.00 bits per heavy atom. The van der Waals surface area contributed by atoms with E-state index in [1.54, 1.807) is 0 Å². The molecule has 2 amide bonds. The lowest BCUT2D eigenvalue weighted by Crippen LogP contribution is -2.50. The summed E-state index contributed by atoms with van der Waals surface area (Å²) in [6.07, 6.45) is 1.94. The summed E-state index contributed by atoms with van der Waals surface area (Å²) in [7, 11) is 0. The molecule has 0 aliphatic carbocycles. The molecule has 132 valence electrons. The number of esters is 2. The number of rotatable bonds is 7. The number of amides is 2. The highest BCUT2D eigenvalue weighted by atomic mass is 16.5. The van der Waals surface area contributed by atoms with Gasteiger partial charge in [-0.25, -0.2) is 9.59 Å². The Morgan fingerprint density at radius 3 is 2.68 bits per heavy atom. The van der Waals surface area contributed by atoms with Crippen molar-refractivity contribution in [3.63, 3.8) is 0 Å². The molecule has 7 nitrogen and oxygen atoms in total. The van der Waals surface area contributed by atoms with Crippen molar-refractivity contribution in [2.24, 2.45) is 0 Å². The van der Waals surface area contributed by atoms with Gasteiger partial charge < -0.3 is 19.3 Å². The van der Waals surface area contributed by atoms with E-state index in [1.807, 2.05) is 30.3 Å². The highest BCUT2D eigenvalue weighted by Gasteiger charge is 2.52. The van der Waals surface area contributed by atoms with Crippen LogP contribution in [0.5, 0.6) is 0 Å². The van der Waals surface area contributed by atoms with Crippen molar-refractivity contribution >= 4 is 18.0 Å². The van der Waals surface area contributed by atoms with E-state index in [0.29, 0.717) is 13.0 Å². The van der Waals surface area contributed by atoms with Crippen LogP contribution in [0.2, 0.25) is 0 Å². The Balaban J connectivity index is 1.53. The van der Waals surface area contributed by atoms with Gasteiger partial charge in [-0.2, -0.15) is 0 Å². The summed E-state index contributed by atoms with van der Waals surface area (Å²) in [5.41, 5.74) is 0.895. The fourth-order valence-electron chi connectivity index (χ4n) is 3.15. The lowest BCUT2D eigenvalue weighted by atomic mass is 10.1. The maximum Gasteiger partial charge on any atom is 0.329 e. The normalized spacial score (nSPS) is 21.4. The van der Waals surface area contributed by atoms with Gasteiger partial charge in [0.2, 0.25) is 0 Å². The van der Waals surface area contributed by atoms with Crippen molar-refractivity contribution < 1.29 is 23.9 Å². The van der Waals surface area contributed by atoms with E-state index in [4.69, 9.17) is 9.47 Å². The standard InChI is InChI=1S/C18H20N2O5/c1-2-8-24-16(21)11-19-14-9-15(20(10-14)18(19)23)17(22)25-12-13-6-4-3-5-7-13/h2-7,14-15H,1,8-12H2/t14-,15-/m1/s1.